The lowest BCUT2D eigenvalue weighted by Gasteiger charge is -2.33. The van der Waals surface area contributed by atoms with E-state index in [1.54, 1.807) is 0 Å². The monoisotopic (exact) mass is 316 g/mol. The third-order valence-corrected chi connectivity index (χ3v) is 6.16. The van der Waals surface area contributed by atoms with Crippen molar-refractivity contribution >= 4 is 5.91 Å². The lowest BCUT2D eigenvalue weighted by Crippen LogP contribution is -2.41. The molecule has 126 valence electrons. The van der Waals surface area contributed by atoms with Crippen molar-refractivity contribution in [2.75, 3.05) is 6.54 Å². The van der Waals surface area contributed by atoms with Crippen molar-refractivity contribution in [3.05, 3.63) is 17.0 Å². The zero-order valence-corrected chi connectivity index (χ0v) is 14.1. The number of likely N-dealkylation sites (tertiary alicyclic amines) is 1. The minimum absolute atomic E-state index is 0.143. The average Bonchev–Trinajstić information content (AvgIpc) is 3.17. The molecule has 1 amide bonds. The number of carbonyl (C=O) groups is 1. The Morgan fingerprint density at radius 1 is 0.957 bits per heavy atom. The van der Waals surface area contributed by atoms with Gasteiger partial charge in [-0.1, -0.05) is 30.8 Å². The Hall–Kier alpha value is -1.32. The van der Waals surface area contributed by atoms with E-state index in [2.05, 4.69) is 10.1 Å². The Balaban J connectivity index is 1.55. The van der Waals surface area contributed by atoms with Gasteiger partial charge in [0.05, 0.1) is 0 Å². The maximum atomic E-state index is 13.1. The van der Waals surface area contributed by atoms with Crippen molar-refractivity contribution in [3.8, 4) is 0 Å². The smallest absolute Gasteiger partial charge is 0.276 e. The molecule has 1 saturated carbocycles. The van der Waals surface area contributed by atoms with E-state index in [9.17, 15) is 4.79 Å². The zero-order valence-electron chi connectivity index (χ0n) is 14.1. The van der Waals surface area contributed by atoms with Crippen LogP contribution in [0.15, 0.2) is 4.52 Å². The third-order valence-electron chi connectivity index (χ3n) is 6.16. The van der Waals surface area contributed by atoms with E-state index in [-0.39, 0.29) is 5.91 Å². The molecule has 1 atom stereocenters. The molecule has 2 heterocycles. The number of aromatic nitrogens is 1. The largest absolute Gasteiger partial charge is 0.360 e. The summed E-state index contributed by atoms with van der Waals surface area (Å²) in [5.41, 5.74) is 1.74. The van der Waals surface area contributed by atoms with Crippen molar-refractivity contribution in [2.24, 2.45) is 5.92 Å². The zero-order chi connectivity index (χ0) is 15.6. The third kappa shape index (κ3) is 2.92. The summed E-state index contributed by atoms with van der Waals surface area (Å²) < 4.78 is 5.53. The first kappa shape index (κ1) is 15.2. The van der Waals surface area contributed by atoms with Crippen LogP contribution in [0.2, 0.25) is 0 Å². The van der Waals surface area contributed by atoms with Crippen LogP contribution in [-0.4, -0.2) is 28.6 Å². The van der Waals surface area contributed by atoms with Gasteiger partial charge in [0.15, 0.2) is 5.69 Å². The number of fused-ring (bicyclic) bond motifs is 1. The Kier molecular flexibility index (Phi) is 4.41. The predicted molar refractivity (Wildman–Crippen MR) is 88.4 cm³/mol. The molecule has 1 aromatic rings. The maximum absolute atomic E-state index is 13.1. The number of hydrogen-bond donors (Lipinski definition) is 0. The molecular formula is C19H28N2O2. The van der Waals surface area contributed by atoms with Crippen molar-refractivity contribution in [1.29, 1.82) is 0 Å². The molecule has 2 aliphatic carbocycles. The highest BCUT2D eigenvalue weighted by Gasteiger charge is 2.37. The van der Waals surface area contributed by atoms with Crippen LogP contribution in [0.3, 0.4) is 0 Å². The summed E-state index contributed by atoms with van der Waals surface area (Å²) in [5, 5.41) is 4.20. The molecule has 4 heteroatoms. The van der Waals surface area contributed by atoms with Crippen molar-refractivity contribution in [3.63, 3.8) is 0 Å². The molecule has 23 heavy (non-hydrogen) atoms. The van der Waals surface area contributed by atoms with Crippen LogP contribution in [0.25, 0.3) is 0 Å². The average molecular weight is 316 g/mol. The number of aryl methyl sites for hydroxylation is 1. The molecule has 1 aromatic heterocycles. The number of amides is 1. The summed E-state index contributed by atoms with van der Waals surface area (Å²) in [6, 6.07) is 0.445. The van der Waals surface area contributed by atoms with Gasteiger partial charge in [-0.2, -0.15) is 0 Å². The minimum atomic E-state index is 0.143. The quantitative estimate of drug-likeness (QED) is 0.771. The highest BCUT2D eigenvalue weighted by molar-refractivity contribution is 5.94. The highest BCUT2D eigenvalue weighted by atomic mass is 16.5. The summed E-state index contributed by atoms with van der Waals surface area (Å²) >= 11 is 0. The SMILES string of the molecule is O=C(c1noc2c1CCCCC2)N1CCCC1C1CCCCC1. The maximum Gasteiger partial charge on any atom is 0.276 e. The summed E-state index contributed by atoms with van der Waals surface area (Å²) in [5.74, 6) is 1.82. The van der Waals surface area contributed by atoms with E-state index < -0.39 is 0 Å². The van der Waals surface area contributed by atoms with E-state index in [1.807, 2.05) is 0 Å². The number of hydrogen-bond acceptors (Lipinski definition) is 3. The first-order valence-electron chi connectivity index (χ1n) is 9.63. The Morgan fingerprint density at radius 3 is 2.61 bits per heavy atom. The fourth-order valence-electron chi connectivity index (χ4n) is 4.92. The summed E-state index contributed by atoms with van der Waals surface area (Å²) in [6.07, 6.45) is 14.4. The molecule has 4 nitrogen and oxygen atoms in total. The fraction of sp³-hybridized carbons (Fsp3) is 0.789. The van der Waals surface area contributed by atoms with Crippen molar-refractivity contribution in [1.82, 2.24) is 10.1 Å². The summed E-state index contributed by atoms with van der Waals surface area (Å²) in [6.45, 7) is 0.904. The van der Waals surface area contributed by atoms with E-state index in [0.29, 0.717) is 17.7 Å². The number of nitrogens with zero attached hydrogens (tertiary/aromatic N) is 2. The van der Waals surface area contributed by atoms with Crippen LogP contribution in [0, 0.1) is 5.92 Å². The van der Waals surface area contributed by atoms with Gasteiger partial charge in [-0.3, -0.25) is 4.79 Å². The molecule has 1 aliphatic heterocycles. The Labute approximate surface area is 138 Å². The van der Waals surface area contributed by atoms with Gasteiger partial charge >= 0.3 is 0 Å². The van der Waals surface area contributed by atoms with E-state index >= 15 is 0 Å². The molecule has 1 saturated heterocycles. The van der Waals surface area contributed by atoms with E-state index in [1.165, 1.54) is 44.9 Å². The van der Waals surface area contributed by atoms with Gasteiger partial charge in [0.1, 0.15) is 5.76 Å². The van der Waals surface area contributed by atoms with Crippen LogP contribution in [0.4, 0.5) is 0 Å². The molecule has 0 bridgehead atoms. The topological polar surface area (TPSA) is 46.3 Å². The summed E-state index contributed by atoms with van der Waals surface area (Å²) in [4.78, 5) is 15.3. The molecule has 0 spiro atoms. The lowest BCUT2D eigenvalue weighted by molar-refractivity contribution is 0.0650. The summed E-state index contributed by atoms with van der Waals surface area (Å²) in [7, 11) is 0. The Morgan fingerprint density at radius 2 is 1.74 bits per heavy atom. The van der Waals surface area contributed by atoms with Gasteiger partial charge in [0, 0.05) is 24.6 Å². The molecular weight excluding hydrogens is 288 g/mol. The van der Waals surface area contributed by atoms with Crippen LogP contribution >= 0.6 is 0 Å². The molecule has 2 fully saturated rings. The van der Waals surface area contributed by atoms with Gasteiger partial charge in [-0.05, 0) is 50.9 Å². The minimum Gasteiger partial charge on any atom is -0.360 e. The van der Waals surface area contributed by atoms with Gasteiger partial charge in [0.25, 0.3) is 5.91 Å². The Bertz CT molecular complexity index is 560. The van der Waals surface area contributed by atoms with Crippen LogP contribution < -0.4 is 0 Å². The van der Waals surface area contributed by atoms with Crippen molar-refractivity contribution in [2.45, 2.75) is 83.1 Å². The second-order valence-electron chi connectivity index (χ2n) is 7.60. The number of carbonyl (C=O) groups excluding carboxylic acids is 1. The fourth-order valence-corrected chi connectivity index (χ4v) is 4.92. The molecule has 0 radical (unpaired) electrons. The first-order chi connectivity index (χ1) is 11.3. The molecule has 1 unspecified atom stereocenters. The molecule has 0 aromatic carbocycles. The van der Waals surface area contributed by atoms with Gasteiger partial charge in [-0.15, -0.1) is 0 Å². The first-order valence-corrected chi connectivity index (χ1v) is 9.63. The van der Waals surface area contributed by atoms with Gasteiger partial charge < -0.3 is 9.42 Å². The van der Waals surface area contributed by atoms with Gasteiger partial charge in [0.2, 0.25) is 0 Å². The lowest BCUT2D eigenvalue weighted by atomic mass is 9.83. The predicted octanol–water partition coefficient (Wildman–Crippen LogP) is 4.13. The molecule has 4 rings (SSSR count). The molecule has 3 aliphatic rings. The highest BCUT2D eigenvalue weighted by Crippen LogP contribution is 2.35. The van der Waals surface area contributed by atoms with E-state index in [0.717, 1.165) is 50.0 Å². The second kappa shape index (κ2) is 6.66. The van der Waals surface area contributed by atoms with Crippen LogP contribution in [-0.2, 0) is 12.8 Å². The standard InChI is InChI=1S/C19H28N2O2/c22-19(18-15-10-5-2-6-12-17(15)23-20-18)21-13-7-11-16(21)14-8-3-1-4-9-14/h14,16H,1-13H2. The van der Waals surface area contributed by atoms with E-state index in [4.69, 9.17) is 4.52 Å². The van der Waals surface area contributed by atoms with Crippen molar-refractivity contribution < 1.29 is 9.32 Å². The van der Waals surface area contributed by atoms with Crippen LogP contribution in [0.5, 0.6) is 0 Å². The van der Waals surface area contributed by atoms with Crippen LogP contribution in [0.1, 0.15) is 86.0 Å². The second-order valence-corrected chi connectivity index (χ2v) is 7.60. The van der Waals surface area contributed by atoms with Gasteiger partial charge in [-0.25, -0.2) is 0 Å². The number of rotatable bonds is 2. The normalized spacial score (nSPS) is 26.1. The molecule has 0 N–H and O–H groups in total.